The molecule has 2 rings (SSSR count). The maximum atomic E-state index is 7.26. The Kier molecular flexibility index (Phi) is 5.96. The summed E-state index contributed by atoms with van der Waals surface area (Å²) < 4.78 is 0. The zero-order chi connectivity index (χ0) is 13.1. The summed E-state index contributed by atoms with van der Waals surface area (Å²) >= 11 is 0. The highest BCUT2D eigenvalue weighted by Gasteiger charge is 1.86. The van der Waals surface area contributed by atoms with Crippen molar-refractivity contribution in [2.24, 2.45) is 10.2 Å². The van der Waals surface area contributed by atoms with Crippen molar-refractivity contribution in [1.82, 2.24) is 0 Å². The number of rotatable bonds is 2. The molecule has 0 saturated carbocycles. The Morgan fingerprint density at radius 3 is 1.22 bits per heavy atom. The van der Waals surface area contributed by atoms with Gasteiger partial charge in [-0.25, -0.2) is 0 Å². The zero-order valence-corrected chi connectivity index (χ0v) is 9.56. The number of nitriles is 2. The average Bonchev–Trinajstić information content (AvgIpc) is 2.47. The molecule has 0 saturated heterocycles. The van der Waals surface area contributed by atoms with Crippen molar-refractivity contribution in [3.63, 3.8) is 0 Å². The van der Waals surface area contributed by atoms with Crippen molar-refractivity contribution in [3.05, 3.63) is 60.7 Å². The van der Waals surface area contributed by atoms with Crippen LogP contribution in [0, 0.1) is 22.7 Å². The first kappa shape index (κ1) is 13.1. The zero-order valence-electron chi connectivity index (χ0n) is 9.56. The van der Waals surface area contributed by atoms with E-state index in [1.54, 1.807) is 0 Å². The predicted molar refractivity (Wildman–Crippen MR) is 68.3 cm³/mol. The fraction of sp³-hybridized carbons (Fsp3) is 0. The highest BCUT2D eigenvalue weighted by atomic mass is 15.1. The summed E-state index contributed by atoms with van der Waals surface area (Å²) in [7, 11) is 0. The van der Waals surface area contributed by atoms with Gasteiger partial charge in [0.05, 0.1) is 11.4 Å². The van der Waals surface area contributed by atoms with Gasteiger partial charge in [-0.05, 0) is 24.3 Å². The largest absolute Gasteiger partial charge is 0.181 e. The lowest BCUT2D eigenvalue weighted by molar-refractivity contribution is 1.23. The van der Waals surface area contributed by atoms with Gasteiger partial charge in [0.15, 0.2) is 12.1 Å². The summed E-state index contributed by atoms with van der Waals surface area (Å²) in [4.78, 5) is 0. The third kappa shape index (κ3) is 5.20. The number of nitrogens with zero attached hydrogens (tertiary/aromatic N) is 4. The van der Waals surface area contributed by atoms with Gasteiger partial charge < -0.3 is 0 Å². The molecule has 0 bridgehead atoms. The predicted octanol–water partition coefficient (Wildman–Crippen LogP) is 4.14. The smallest absolute Gasteiger partial charge is 0.181 e. The summed E-state index contributed by atoms with van der Waals surface area (Å²) in [6.07, 6.45) is 0. The highest BCUT2D eigenvalue weighted by molar-refractivity contribution is 5.39. The Morgan fingerprint density at radius 1 is 0.611 bits per heavy atom. The third-order valence-corrected chi connectivity index (χ3v) is 1.84. The Balaban J connectivity index is 0.000000357. The van der Waals surface area contributed by atoms with Crippen LogP contribution in [0.4, 0.5) is 11.4 Å². The second-order valence-corrected chi connectivity index (χ2v) is 3.09. The number of hydrogen-bond donors (Lipinski definition) is 0. The van der Waals surface area contributed by atoms with E-state index in [4.69, 9.17) is 10.5 Å². The number of hydrogen-bond acceptors (Lipinski definition) is 4. The minimum atomic E-state index is 0.872. The molecule has 2 aromatic carbocycles. The third-order valence-electron chi connectivity index (χ3n) is 1.84. The molecule has 0 heterocycles. The lowest BCUT2D eigenvalue weighted by Crippen LogP contribution is -1.62. The topological polar surface area (TPSA) is 72.3 Å². The Bertz CT molecular complexity index is 509. The molecular formula is C14H10N4. The maximum absolute atomic E-state index is 7.26. The van der Waals surface area contributed by atoms with Crippen molar-refractivity contribution >= 4 is 11.4 Å². The molecule has 0 aromatic heterocycles. The maximum Gasteiger partial charge on any atom is 0.181 e. The van der Waals surface area contributed by atoms with Crippen LogP contribution >= 0.6 is 0 Å². The Morgan fingerprint density at radius 2 is 0.944 bits per heavy atom. The van der Waals surface area contributed by atoms with Crippen LogP contribution < -0.4 is 0 Å². The molecule has 0 spiro atoms. The average molecular weight is 234 g/mol. The van der Waals surface area contributed by atoms with Crippen LogP contribution in [0.3, 0.4) is 0 Å². The van der Waals surface area contributed by atoms with Crippen LogP contribution in [0.1, 0.15) is 0 Å². The number of benzene rings is 2. The van der Waals surface area contributed by atoms with Crippen LogP contribution in [0.15, 0.2) is 70.9 Å². The van der Waals surface area contributed by atoms with Gasteiger partial charge in [0.25, 0.3) is 0 Å². The molecule has 2 aromatic rings. The van der Waals surface area contributed by atoms with E-state index in [1.165, 1.54) is 12.1 Å². The molecular weight excluding hydrogens is 224 g/mol. The number of azo groups is 1. The lowest BCUT2D eigenvalue weighted by atomic mass is 10.3. The van der Waals surface area contributed by atoms with E-state index in [2.05, 4.69) is 10.2 Å². The van der Waals surface area contributed by atoms with Crippen molar-refractivity contribution in [3.8, 4) is 12.1 Å². The van der Waals surface area contributed by atoms with Crippen LogP contribution in [0.25, 0.3) is 0 Å². The van der Waals surface area contributed by atoms with Gasteiger partial charge in [0, 0.05) is 0 Å². The molecule has 0 aliphatic heterocycles. The first-order chi connectivity index (χ1) is 8.86. The summed E-state index contributed by atoms with van der Waals surface area (Å²) in [6, 6.07) is 21.9. The monoisotopic (exact) mass is 234 g/mol. The van der Waals surface area contributed by atoms with Gasteiger partial charge in [-0.2, -0.15) is 20.8 Å². The second-order valence-electron chi connectivity index (χ2n) is 3.09. The van der Waals surface area contributed by atoms with Gasteiger partial charge in [-0.3, -0.25) is 0 Å². The van der Waals surface area contributed by atoms with E-state index in [-0.39, 0.29) is 0 Å². The van der Waals surface area contributed by atoms with Crippen molar-refractivity contribution in [2.45, 2.75) is 0 Å². The molecule has 0 atom stereocenters. The minimum Gasteiger partial charge on any atom is -0.181 e. The fourth-order valence-corrected chi connectivity index (χ4v) is 1.10. The second kappa shape index (κ2) is 8.20. The van der Waals surface area contributed by atoms with E-state index in [9.17, 15) is 0 Å². The Hall–Kier alpha value is -2.98. The van der Waals surface area contributed by atoms with Gasteiger partial charge in [-0.1, -0.05) is 36.4 Å². The van der Waals surface area contributed by atoms with E-state index in [0.29, 0.717) is 0 Å². The van der Waals surface area contributed by atoms with Crippen LogP contribution in [0.2, 0.25) is 0 Å². The van der Waals surface area contributed by atoms with E-state index < -0.39 is 0 Å². The molecule has 0 unspecified atom stereocenters. The van der Waals surface area contributed by atoms with Crippen molar-refractivity contribution in [1.29, 1.82) is 10.5 Å². The fourth-order valence-electron chi connectivity index (χ4n) is 1.10. The molecule has 0 amide bonds. The molecule has 86 valence electrons. The Labute approximate surface area is 105 Å². The summed E-state index contributed by atoms with van der Waals surface area (Å²) in [6.45, 7) is 0. The summed E-state index contributed by atoms with van der Waals surface area (Å²) in [5, 5.41) is 22.7. The highest BCUT2D eigenvalue weighted by Crippen LogP contribution is 2.16. The van der Waals surface area contributed by atoms with Gasteiger partial charge in [0.1, 0.15) is 0 Å². The van der Waals surface area contributed by atoms with Crippen LogP contribution in [-0.4, -0.2) is 0 Å². The quantitative estimate of drug-likeness (QED) is 0.732. The first-order valence-corrected chi connectivity index (χ1v) is 5.17. The summed E-state index contributed by atoms with van der Waals surface area (Å²) in [5.41, 5.74) is 1.74. The van der Waals surface area contributed by atoms with Crippen LogP contribution in [-0.2, 0) is 0 Å². The minimum absolute atomic E-state index is 0.872. The molecule has 4 heteroatoms. The normalized spacial score (nSPS) is 8.78. The van der Waals surface area contributed by atoms with E-state index >= 15 is 0 Å². The molecule has 0 aliphatic rings. The molecule has 18 heavy (non-hydrogen) atoms. The first-order valence-electron chi connectivity index (χ1n) is 5.17. The van der Waals surface area contributed by atoms with Gasteiger partial charge in [0.2, 0.25) is 0 Å². The molecule has 4 nitrogen and oxygen atoms in total. The van der Waals surface area contributed by atoms with Crippen LogP contribution in [0.5, 0.6) is 0 Å². The molecule has 0 fully saturated rings. The standard InChI is InChI=1S/C12H10N2.C2N2/c1-3-7-11(8-4-1)13-14-12-9-5-2-6-10-12;3-1-2-4/h1-10H;. The summed E-state index contributed by atoms with van der Waals surface area (Å²) in [5.74, 6) is 0. The molecule has 0 radical (unpaired) electrons. The van der Waals surface area contributed by atoms with E-state index in [0.717, 1.165) is 11.4 Å². The van der Waals surface area contributed by atoms with E-state index in [1.807, 2.05) is 60.7 Å². The van der Waals surface area contributed by atoms with Gasteiger partial charge in [-0.15, -0.1) is 0 Å². The van der Waals surface area contributed by atoms with Crippen molar-refractivity contribution < 1.29 is 0 Å². The SMILES string of the molecule is N#CC#N.c1ccc(N=Nc2ccccc2)cc1. The van der Waals surface area contributed by atoms with Crippen molar-refractivity contribution in [2.75, 3.05) is 0 Å². The van der Waals surface area contributed by atoms with Gasteiger partial charge >= 0.3 is 0 Å². The molecule has 0 aliphatic carbocycles. The lowest BCUT2D eigenvalue weighted by Gasteiger charge is -1.91. The molecule has 0 N–H and O–H groups in total.